The van der Waals surface area contributed by atoms with Gasteiger partial charge in [-0.15, -0.1) is 0 Å². The number of benzene rings is 1. The molecule has 2 rings (SSSR count). The van der Waals surface area contributed by atoms with E-state index in [0.717, 1.165) is 23.1 Å². The first-order valence-corrected chi connectivity index (χ1v) is 6.65. The quantitative estimate of drug-likeness (QED) is 0.900. The molecule has 0 spiro atoms. The smallest absolute Gasteiger partial charge is 0.220 e. The lowest BCUT2D eigenvalue weighted by Crippen LogP contribution is -2.32. The van der Waals surface area contributed by atoms with Crippen LogP contribution in [0.5, 0.6) is 0 Å². The van der Waals surface area contributed by atoms with Crippen LogP contribution in [0.2, 0.25) is 0 Å². The maximum atomic E-state index is 11.1. The minimum absolute atomic E-state index is 0.163. The lowest BCUT2D eigenvalue weighted by atomic mass is 10.1. The molecule has 1 aliphatic heterocycles. The fraction of sp³-hybridized carbons (Fsp3) is 0.462. The van der Waals surface area contributed by atoms with Crippen molar-refractivity contribution in [1.29, 1.82) is 0 Å². The molecule has 1 atom stereocenters. The van der Waals surface area contributed by atoms with Crippen LogP contribution in [-0.4, -0.2) is 18.5 Å². The molecule has 0 saturated carbocycles. The van der Waals surface area contributed by atoms with Crippen LogP contribution < -0.4 is 10.6 Å². The monoisotopic (exact) mass is 296 g/mol. The summed E-state index contributed by atoms with van der Waals surface area (Å²) >= 11 is 3.57. The van der Waals surface area contributed by atoms with Crippen molar-refractivity contribution in [2.45, 2.75) is 32.7 Å². The fourth-order valence-corrected chi connectivity index (χ4v) is 3.01. The predicted octanol–water partition coefficient (Wildman–Crippen LogP) is 2.76. The Morgan fingerprint density at radius 1 is 1.47 bits per heavy atom. The Morgan fingerprint density at radius 3 is 2.82 bits per heavy atom. The molecular formula is C13H17BrN2O. The molecule has 1 heterocycles. The highest BCUT2D eigenvalue weighted by Crippen LogP contribution is 2.27. The zero-order valence-electron chi connectivity index (χ0n) is 10.1. The average molecular weight is 297 g/mol. The number of rotatable bonds is 3. The first-order chi connectivity index (χ1) is 8.06. The number of hydrogen-bond acceptors (Lipinski definition) is 2. The van der Waals surface area contributed by atoms with Gasteiger partial charge in [0.15, 0.2) is 0 Å². The van der Waals surface area contributed by atoms with Gasteiger partial charge < -0.3 is 10.6 Å². The van der Waals surface area contributed by atoms with Gasteiger partial charge in [-0.2, -0.15) is 0 Å². The van der Waals surface area contributed by atoms with Gasteiger partial charge in [0.05, 0.1) is 5.69 Å². The molecule has 92 valence electrons. The number of anilines is 1. The number of hydrogen-bond donors (Lipinski definition) is 2. The van der Waals surface area contributed by atoms with Crippen molar-refractivity contribution in [2.75, 3.05) is 11.9 Å². The molecule has 1 aromatic rings. The van der Waals surface area contributed by atoms with Crippen molar-refractivity contribution < 1.29 is 4.79 Å². The Bertz CT molecular complexity index is 422. The normalized spacial score (nSPS) is 19.2. The SMILES string of the molecule is Cc1cc(C)c(NCC2CCC(=O)N2)c(Br)c1. The van der Waals surface area contributed by atoms with Crippen molar-refractivity contribution in [3.63, 3.8) is 0 Å². The van der Waals surface area contributed by atoms with E-state index in [4.69, 9.17) is 0 Å². The standard InChI is InChI=1S/C13H17BrN2O/c1-8-5-9(2)13(11(14)6-8)15-7-10-3-4-12(17)16-10/h5-6,10,15H,3-4,7H2,1-2H3,(H,16,17). The Balaban J connectivity index is 2.01. The third-order valence-corrected chi connectivity index (χ3v) is 3.67. The molecular weight excluding hydrogens is 280 g/mol. The molecule has 1 amide bonds. The molecule has 3 nitrogen and oxygen atoms in total. The van der Waals surface area contributed by atoms with Gasteiger partial charge in [0, 0.05) is 23.5 Å². The highest BCUT2D eigenvalue weighted by atomic mass is 79.9. The Hall–Kier alpha value is -1.03. The molecule has 0 radical (unpaired) electrons. The van der Waals surface area contributed by atoms with Crippen LogP contribution in [0.3, 0.4) is 0 Å². The van der Waals surface area contributed by atoms with E-state index in [2.05, 4.69) is 52.5 Å². The summed E-state index contributed by atoms with van der Waals surface area (Å²) in [5.74, 6) is 0.163. The van der Waals surface area contributed by atoms with Gasteiger partial charge in [-0.05, 0) is 53.4 Å². The predicted molar refractivity (Wildman–Crippen MR) is 73.3 cm³/mol. The summed E-state index contributed by atoms with van der Waals surface area (Å²) in [6.07, 6.45) is 1.58. The van der Waals surface area contributed by atoms with E-state index in [0.29, 0.717) is 6.42 Å². The number of halogens is 1. The van der Waals surface area contributed by atoms with E-state index in [1.807, 2.05) is 0 Å². The zero-order valence-corrected chi connectivity index (χ0v) is 11.7. The van der Waals surface area contributed by atoms with Gasteiger partial charge in [-0.1, -0.05) is 6.07 Å². The topological polar surface area (TPSA) is 41.1 Å². The Kier molecular flexibility index (Phi) is 3.72. The molecule has 0 aliphatic carbocycles. The number of amides is 1. The molecule has 1 aliphatic rings. The van der Waals surface area contributed by atoms with Gasteiger partial charge in [-0.25, -0.2) is 0 Å². The number of aryl methyl sites for hydroxylation is 2. The van der Waals surface area contributed by atoms with Gasteiger partial charge in [-0.3, -0.25) is 4.79 Å². The lowest BCUT2D eigenvalue weighted by Gasteiger charge is -2.16. The van der Waals surface area contributed by atoms with Crippen molar-refractivity contribution in [3.05, 3.63) is 27.7 Å². The fourth-order valence-electron chi connectivity index (χ4n) is 2.20. The molecule has 17 heavy (non-hydrogen) atoms. The summed E-state index contributed by atoms with van der Waals surface area (Å²) < 4.78 is 1.08. The maximum absolute atomic E-state index is 11.1. The van der Waals surface area contributed by atoms with E-state index in [1.165, 1.54) is 11.1 Å². The van der Waals surface area contributed by atoms with Crippen molar-refractivity contribution in [3.8, 4) is 0 Å². The van der Waals surface area contributed by atoms with E-state index in [1.54, 1.807) is 0 Å². The van der Waals surface area contributed by atoms with Crippen molar-refractivity contribution in [2.24, 2.45) is 0 Å². The van der Waals surface area contributed by atoms with Crippen molar-refractivity contribution >= 4 is 27.5 Å². The van der Waals surface area contributed by atoms with Crippen LogP contribution in [0.25, 0.3) is 0 Å². The second kappa shape index (κ2) is 5.08. The summed E-state index contributed by atoms with van der Waals surface area (Å²) in [4.78, 5) is 11.1. The van der Waals surface area contributed by atoms with Gasteiger partial charge >= 0.3 is 0 Å². The molecule has 0 bridgehead atoms. The minimum atomic E-state index is 0.163. The minimum Gasteiger partial charge on any atom is -0.382 e. The second-order valence-electron chi connectivity index (χ2n) is 4.62. The number of carbonyl (C=O) groups excluding carboxylic acids is 1. The van der Waals surface area contributed by atoms with Crippen LogP contribution in [-0.2, 0) is 4.79 Å². The Morgan fingerprint density at radius 2 is 2.24 bits per heavy atom. The molecule has 0 aromatic heterocycles. The largest absolute Gasteiger partial charge is 0.382 e. The lowest BCUT2D eigenvalue weighted by molar-refractivity contribution is -0.119. The third kappa shape index (κ3) is 3.00. The first-order valence-electron chi connectivity index (χ1n) is 5.86. The summed E-state index contributed by atoms with van der Waals surface area (Å²) in [5.41, 5.74) is 3.59. The van der Waals surface area contributed by atoms with E-state index in [9.17, 15) is 4.79 Å². The molecule has 1 unspecified atom stereocenters. The van der Waals surface area contributed by atoms with Gasteiger partial charge in [0.1, 0.15) is 0 Å². The molecule has 2 N–H and O–H groups in total. The summed E-state index contributed by atoms with van der Waals surface area (Å²) in [6.45, 7) is 4.96. The number of carbonyl (C=O) groups is 1. The van der Waals surface area contributed by atoms with Gasteiger partial charge in [0.25, 0.3) is 0 Å². The van der Waals surface area contributed by atoms with Crippen molar-refractivity contribution in [1.82, 2.24) is 5.32 Å². The van der Waals surface area contributed by atoms with Crippen LogP contribution in [0.4, 0.5) is 5.69 Å². The second-order valence-corrected chi connectivity index (χ2v) is 5.48. The van der Waals surface area contributed by atoms with E-state index in [-0.39, 0.29) is 11.9 Å². The molecule has 1 saturated heterocycles. The Labute approximate surface area is 110 Å². The third-order valence-electron chi connectivity index (χ3n) is 3.04. The van der Waals surface area contributed by atoms with E-state index < -0.39 is 0 Å². The highest BCUT2D eigenvalue weighted by Gasteiger charge is 2.20. The summed E-state index contributed by atoms with van der Waals surface area (Å²) in [7, 11) is 0. The van der Waals surface area contributed by atoms with Gasteiger partial charge in [0.2, 0.25) is 5.91 Å². The number of nitrogens with one attached hydrogen (secondary N) is 2. The van der Waals surface area contributed by atoms with Crippen LogP contribution >= 0.6 is 15.9 Å². The highest BCUT2D eigenvalue weighted by molar-refractivity contribution is 9.10. The first kappa shape index (κ1) is 12.4. The summed E-state index contributed by atoms with van der Waals surface area (Å²) in [6, 6.07) is 4.51. The van der Waals surface area contributed by atoms with E-state index >= 15 is 0 Å². The van der Waals surface area contributed by atoms with Crippen LogP contribution in [0.15, 0.2) is 16.6 Å². The van der Waals surface area contributed by atoms with Crippen LogP contribution in [0.1, 0.15) is 24.0 Å². The molecule has 1 fully saturated rings. The average Bonchev–Trinajstić information content (AvgIpc) is 2.62. The molecule has 4 heteroatoms. The zero-order chi connectivity index (χ0) is 12.4. The molecule has 1 aromatic carbocycles. The van der Waals surface area contributed by atoms with Crippen LogP contribution in [0, 0.1) is 13.8 Å². The maximum Gasteiger partial charge on any atom is 0.220 e. The summed E-state index contributed by atoms with van der Waals surface area (Å²) in [5, 5.41) is 6.37.